The zero-order valence-corrected chi connectivity index (χ0v) is 7.27. The lowest BCUT2D eigenvalue weighted by Crippen LogP contribution is -1.93. The Hall–Kier alpha value is -1.42. The van der Waals surface area contributed by atoms with Crippen LogP contribution in [0.25, 0.3) is 10.1 Å². The maximum absolute atomic E-state index is 13.1. The summed E-state index contributed by atoms with van der Waals surface area (Å²) < 4.78 is 13.5. The van der Waals surface area contributed by atoms with Crippen molar-refractivity contribution in [2.24, 2.45) is 0 Å². The zero-order chi connectivity index (χ0) is 9.42. The first kappa shape index (κ1) is 8.19. The number of halogens is 1. The first-order chi connectivity index (χ1) is 6.20. The highest BCUT2D eigenvalue weighted by molar-refractivity contribution is 7.17. The highest BCUT2D eigenvalue weighted by Crippen LogP contribution is 2.27. The Kier molecular flexibility index (Phi) is 1.77. The minimum absolute atomic E-state index is 0.166. The number of hydrogen-bond donors (Lipinski definition) is 1. The lowest BCUT2D eigenvalue weighted by atomic mass is 10.2. The molecule has 0 atom stereocenters. The fourth-order valence-electron chi connectivity index (χ4n) is 1.19. The van der Waals surface area contributed by atoms with Crippen LogP contribution in [0.4, 0.5) is 4.39 Å². The average Bonchev–Trinajstić information content (AvgIpc) is 2.48. The fraction of sp³-hybridized carbons (Fsp3) is 0. The van der Waals surface area contributed by atoms with Crippen molar-refractivity contribution >= 4 is 27.4 Å². The van der Waals surface area contributed by atoms with Crippen LogP contribution in [0.1, 0.15) is 10.4 Å². The molecule has 2 aromatic rings. The molecule has 13 heavy (non-hydrogen) atoms. The maximum Gasteiger partial charge on any atom is 0.337 e. The van der Waals surface area contributed by atoms with Gasteiger partial charge in [-0.3, -0.25) is 0 Å². The summed E-state index contributed by atoms with van der Waals surface area (Å²) in [6, 6.07) is 4.44. The predicted molar refractivity (Wildman–Crippen MR) is 48.7 cm³/mol. The van der Waals surface area contributed by atoms with E-state index in [1.807, 2.05) is 0 Å². The van der Waals surface area contributed by atoms with E-state index in [2.05, 4.69) is 0 Å². The van der Waals surface area contributed by atoms with E-state index in [0.717, 1.165) is 11.3 Å². The molecule has 0 bridgehead atoms. The van der Waals surface area contributed by atoms with Gasteiger partial charge in [0.15, 0.2) is 0 Å². The van der Waals surface area contributed by atoms with Gasteiger partial charge in [0.25, 0.3) is 0 Å². The van der Waals surface area contributed by atoms with Gasteiger partial charge in [0.1, 0.15) is 5.82 Å². The second-order valence-corrected chi connectivity index (χ2v) is 3.45. The van der Waals surface area contributed by atoms with Gasteiger partial charge in [-0.05, 0) is 6.07 Å². The molecule has 4 heteroatoms. The first-order valence-electron chi connectivity index (χ1n) is 3.59. The SMILES string of the molecule is O=C(O)c1csc2c(F)cccc12. The maximum atomic E-state index is 13.1. The van der Waals surface area contributed by atoms with E-state index in [0.29, 0.717) is 10.1 Å². The van der Waals surface area contributed by atoms with Crippen molar-refractivity contribution in [3.63, 3.8) is 0 Å². The van der Waals surface area contributed by atoms with Crippen molar-refractivity contribution in [2.75, 3.05) is 0 Å². The van der Waals surface area contributed by atoms with E-state index < -0.39 is 5.97 Å². The van der Waals surface area contributed by atoms with Gasteiger partial charge in [-0.15, -0.1) is 11.3 Å². The quantitative estimate of drug-likeness (QED) is 0.761. The third-order valence-corrected chi connectivity index (χ3v) is 2.79. The number of thiophene rings is 1. The van der Waals surface area contributed by atoms with Gasteiger partial charge < -0.3 is 5.11 Å². The van der Waals surface area contributed by atoms with E-state index in [1.165, 1.54) is 17.5 Å². The average molecular weight is 196 g/mol. The Morgan fingerprint density at radius 3 is 2.92 bits per heavy atom. The second kappa shape index (κ2) is 2.81. The van der Waals surface area contributed by atoms with Crippen LogP contribution in [0, 0.1) is 5.82 Å². The first-order valence-corrected chi connectivity index (χ1v) is 4.47. The zero-order valence-electron chi connectivity index (χ0n) is 6.45. The highest BCUT2D eigenvalue weighted by Gasteiger charge is 2.12. The second-order valence-electron chi connectivity index (χ2n) is 2.57. The molecular formula is C9H5FO2S. The lowest BCUT2D eigenvalue weighted by Gasteiger charge is -1.92. The van der Waals surface area contributed by atoms with Crippen LogP contribution in [0.15, 0.2) is 23.6 Å². The Morgan fingerprint density at radius 2 is 2.23 bits per heavy atom. The molecule has 1 aromatic heterocycles. The molecule has 0 amide bonds. The van der Waals surface area contributed by atoms with Crippen molar-refractivity contribution in [2.45, 2.75) is 0 Å². The summed E-state index contributed by atoms with van der Waals surface area (Å²) in [5.41, 5.74) is 0.166. The van der Waals surface area contributed by atoms with Gasteiger partial charge in [-0.1, -0.05) is 12.1 Å². The highest BCUT2D eigenvalue weighted by atomic mass is 32.1. The van der Waals surface area contributed by atoms with Gasteiger partial charge in [0.2, 0.25) is 0 Å². The van der Waals surface area contributed by atoms with Gasteiger partial charge >= 0.3 is 5.97 Å². The minimum Gasteiger partial charge on any atom is -0.478 e. The van der Waals surface area contributed by atoms with Crippen LogP contribution in [0.5, 0.6) is 0 Å². The third kappa shape index (κ3) is 1.19. The number of fused-ring (bicyclic) bond motifs is 1. The number of carboxylic acid groups (broad SMARTS) is 1. The molecule has 1 N–H and O–H groups in total. The van der Waals surface area contributed by atoms with E-state index in [9.17, 15) is 9.18 Å². The van der Waals surface area contributed by atoms with Crippen LogP contribution in [0.2, 0.25) is 0 Å². The molecule has 2 rings (SSSR count). The predicted octanol–water partition coefficient (Wildman–Crippen LogP) is 2.74. The molecule has 0 unspecified atom stereocenters. The lowest BCUT2D eigenvalue weighted by molar-refractivity contribution is 0.0699. The summed E-state index contributed by atoms with van der Waals surface area (Å²) in [5.74, 6) is -1.38. The normalized spacial score (nSPS) is 10.5. The summed E-state index contributed by atoms with van der Waals surface area (Å²) >= 11 is 1.11. The molecule has 0 spiro atoms. The number of hydrogen-bond acceptors (Lipinski definition) is 2. The van der Waals surface area contributed by atoms with Crippen LogP contribution >= 0.6 is 11.3 Å². The molecule has 0 saturated heterocycles. The van der Waals surface area contributed by atoms with E-state index in [1.54, 1.807) is 6.07 Å². The Labute approximate surface area is 77.2 Å². The molecule has 2 nitrogen and oxygen atoms in total. The van der Waals surface area contributed by atoms with Gasteiger partial charge in [0, 0.05) is 10.8 Å². The van der Waals surface area contributed by atoms with E-state index in [-0.39, 0.29) is 11.4 Å². The number of benzene rings is 1. The Morgan fingerprint density at radius 1 is 1.46 bits per heavy atom. The summed E-state index contributed by atoms with van der Waals surface area (Å²) in [6.07, 6.45) is 0. The van der Waals surface area contributed by atoms with E-state index in [4.69, 9.17) is 5.11 Å². The number of carbonyl (C=O) groups is 1. The largest absolute Gasteiger partial charge is 0.478 e. The Balaban J connectivity index is 2.83. The van der Waals surface area contributed by atoms with Crippen molar-refractivity contribution in [1.82, 2.24) is 0 Å². The summed E-state index contributed by atoms with van der Waals surface area (Å²) in [5, 5.41) is 10.7. The van der Waals surface area contributed by atoms with Gasteiger partial charge in [-0.2, -0.15) is 0 Å². The van der Waals surface area contributed by atoms with E-state index >= 15 is 0 Å². The molecule has 0 saturated carbocycles. The monoisotopic (exact) mass is 196 g/mol. The molecule has 66 valence electrons. The van der Waals surface area contributed by atoms with Crippen LogP contribution in [0.3, 0.4) is 0 Å². The molecule has 0 radical (unpaired) electrons. The Bertz CT molecular complexity index is 475. The van der Waals surface area contributed by atoms with Crippen molar-refractivity contribution in [3.05, 3.63) is 35.0 Å². The topological polar surface area (TPSA) is 37.3 Å². The van der Waals surface area contributed by atoms with Gasteiger partial charge in [-0.25, -0.2) is 9.18 Å². The molecular weight excluding hydrogens is 191 g/mol. The molecule has 0 aliphatic carbocycles. The molecule has 1 aromatic carbocycles. The number of aromatic carboxylic acids is 1. The molecule has 0 aliphatic heterocycles. The minimum atomic E-state index is -1.02. The van der Waals surface area contributed by atoms with Crippen molar-refractivity contribution in [3.8, 4) is 0 Å². The summed E-state index contributed by atoms with van der Waals surface area (Å²) in [6.45, 7) is 0. The standard InChI is InChI=1S/C9H5FO2S/c10-7-3-1-2-5-6(9(11)12)4-13-8(5)7/h1-4H,(H,11,12). The number of rotatable bonds is 1. The van der Waals surface area contributed by atoms with Crippen LogP contribution in [-0.2, 0) is 0 Å². The van der Waals surface area contributed by atoms with Crippen molar-refractivity contribution < 1.29 is 14.3 Å². The fourth-order valence-corrected chi connectivity index (χ4v) is 2.14. The van der Waals surface area contributed by atoms with Crippen LogP contribution in [-0.4, -0.2) is 11.1 Å². The summed E-state index contributed by atoms with van der Waals surface area (Å²) in [4.78, 5) is 10.7. The van der Waals surface area contributed by atoms with Crippen molar-refractivity contribution in [1.29, 1.82) is 0 Å². The van der Waals surface area contributed by atoms with Crippen LogP contribution < -0.4 is 0 Å². The van der Waals surface area contributed by atoms with Gasteiger partial charge in [0.05, 0.1) is 10.3 Å². The summed E-state index contributed by atoms with van der Waals surface area (Å²) in [7, 11) is 0. The molecule has 1 heterocycles. The molecule has 0 aliphatic rings. The smallest absolute Gasteiger partial charge is 0.337 e. The number of carboxylic acids is 1. The molecule has 0 fully saturated rings. The third-order valence-electron chi connectivity index (χ3n) is 1.78.